The van der Waals surface area contributed by atoms with Crippen molar-refractivity contribution in [3.63, 3.8) is 0 Å². The first kappa shape index (κ1) is 22.1. The van der Waals surface area contributed by atoms with Crippen molar-refractivity contribution < 1.29 is 23.9 Å². The molecule has 0 spiro atoms. The highest BCUT2D eigenvalue weighted by atomic mass is 16.5. The number of rotatable bonds is 3. The van der Waals surface area contributed by atoms with Crippen molar-refractivity contribution >= 4 is 29.4 Å². The lowest BCUT2D eigenvalue weighted by Gasteiger charge is -2.36. The molecule has 176 valence electrons. The highest BCUT2D eigenvalue weighted by Crippen LogP contribution is 2.59. The van der Waals surface area contributed by atoms with Crippen LogP contribution in [-0.4, -0.2) is 51.7 Å². The van der Waals surface area contributed by atoms with Crippen LogP contribution in [0.25, 0.3) is 0 Å². The molecule has 2 aromatic rings. The zero-order chi connectivity index (χ0) is 24.6. The third-order valence-corrected chi connectivity index (χ3v) is 7.25. The summed E-state index contributed by atoms with van der Waals surface area (Å²) in [6, 6.07) is 14.4. The average molecular weight is 462 g/mol. The number of nitrogens with zero attached hydrogens (tertiary/aromatic N) is 3. The molecular formula is C26H27N3O5. The Hall–Kier alpha value is -3.68. The van der Waals surface area contributed by atoms with E-state index < -0.39 is 46.8 Å². The second-order valence-corrected chi connectivity index (χ2v) is 10.2. The fourth-order valence-electron chi connectivity index (χ4n) is 5.80. The molecule has 4 atom stereocenters. The lowest BCUT2D eigenvalue weighted by atomic mass is 9.79. The van der Waals surface area contributed by atoms with E-state index in [0.717, 1.165) is 4.90 Å². The highest BCUT2D eigenvalue weighted by molar-refractivity contribution is 6.26. The van der Waals surface area contributed by atoms with E-state index >= 15 is 0 Å². The van der Waals surface area contributed by atoms with Crippen molar-refractivity contribution in [1.82, 2.24) is 9.80 Å². The molecule has 3 aliphatic rings. The highest BCUT2D eigenvalue weighted by Gasteiger charge is 2.76. The number of anilines is 1. The van der Waals surface area contributed by atoms with Gasteiger partial charge in [0.05, 0.1) is 30.7 Å². The number of benzene rings is 2. The molecule has 8 heteroatoms. The molecule has 34 heavy (non-hydrogen) atoms. The van der Waals surface area contributed by atoms with E-state index in [2.05, 4.69) is 0 Å². The third kappa shape index (κ3) is 2.71. The van der Waals surface area contributed by atoms with Crippen LogP contribution in [0.1, 0.15) is 39.3 Å². The maximum Gasteiger partial charge on any atom is 0.332 e. The standard InChI is InChI=1S/C26H27N3O5/c1-25(2,3)29-21(30)18-19(22(29)31)26(4)23(32)27(16-9-7-6-8-10-16)24(33)28(26)20(18)15-11-13-17(34-5)14-12-15/h6-14,18-20H,1-5H3/t18-,19-,20-,26-/m1/s1. The molecule has 0 N–H and O–H groups in total. The molecule has 0 aliphatic carbocycles. The Morgan fingerprint density at radius 1 is 0.882 bits per heavy atom. The number of imide groups is 2. The van der Waals surface area contributed by atoms with Gasteiger partial charge in [0.15, 0.2) is 0 Å². The predicted octanol–water partition coefficient (Wildman–Crippen LogP) is 3.38. The smallest absolute Gasteiger partial charge is 0.332 e. The van der Waals surface area contributed by atoms with E-state index in [1.165, 1.54) is 9.80 Å². The molecule has 5 rings (SSSR count). The van der Waals surface area contributed by atoms with Gasteiger partial charge in [-0.1, -0.05) is 30.3 Å². The molecule has 3 heterocycles. The maximum absolute atomic E-state index is 13.9. The number of carbonyl (C=O) groups excluding carboxylic acids is 4. The number of likely N-dealkylation sites (tertiary alicyclic amines) is 1. The molecule has 0 radical (unpaired) electrons. The average Bonchev–Trinajstić information content (AvgIpc) is 3.31. The zero-order valence-electron chi connectivity index (χ0n) is 19.8. The SMILES string of the molecule is COc1ccc([C@@H]2[C@@H]3C(=O)N(C(C)(C)C)C(=O)[C@@H]3[C@]3(C)C(=O)N(c4ccccc4)C(=O)N23)cc1. The number of methoxy groups -OCH3 is 1. The molecule has 0 unspecified atom stereocenters. The number of hydrogen-bond acceptors (Lipinski definition) is 5. The molecule has 0 bridgehead atoms. The van der Waals surface area contributed by atoms with E-state index in [0.29, 0.717) is 17.0 Å². The molecule has 0 saturated carbocycles. The van der Waals surface area contributed by atoms with E-state index in [4.69, 9.17) is 4.74 Å². The van der Waals surface area contributed by atoms with Crippen LogP contribution in [0.4, 0.5) is 10.5 Å². The van der Waals surface area contributed by atoms with Gasteiger partial charge in [0.1, 0.15) is 11.3 Å². The zero-order valence-corrected chi connectivity index (χ0v) is 19.8. The fraction of sp³-hybridized carbons (Fsp3) is 0.385. The largest absolute Gasteiger partial charge is 0.497 e. The van der Waals surface area contributed by atoms with Gasteiger partial charge in [-0.05, 0) is 57.5 Å². The normalized spacial score (nSPS) is 28.6. The summed E-state index contributed by atoms with van der Waals surface area (Å²) in [6.07, 6.45) is 0. The summed E-state index contributed by atoms with van der Waals surface area (Å²) in [5.41, 5.74) is -1.14. The van der Waals surface area contributed by atoms with Crippen molar-refractivity contribution in [2.75, 3.05) is 12.0 Å². The monoisotopic (exact) mass is 461 g/mol. The van der Waals surface area contributed by atoms with Gasteiger partial charge in [0, 0.05) is 5.54 Å². The molecule has 5 amide bonds. The van der Waals surface area contributed by atoms with Crippen molar-refractivity contribution in [2.24, 2.45) is 11.8 Å². The Labute approximate surface area is 198 Å². The minimum Gasteiger partial charge on any atom is -0.497 e. The molecule has 3 fully saturated rings. The first-order valence-corrected chi connectivity index (χ1v) is 11.3. The Kier molecular flexibility index (Phi) is 4.66. The Morgan fingerprint density at radius 3 is 2.06 bits per heavy atom. The van der Waals surface area contributed by atoms with Gasteiger partial charge in [-0.3, -0.25) is 19.3 Å². The van der Waals surface area contributed by atoms with Gasteiger partial charge in [-0.25, -0.2) is 9.69 Å². The fourth-order valence-corrected chi connectivity index (χ4v) is 5.80. The molecule has 2 aromatic carbocycles. The number of amides is 5. The van der Waals surface area contributed by atoms with E-state index in [-0.39, 0.29) is 5.91 Å². The number of carbonyl (C=O) groups is 4. The Bertz CT molecular complexity index is 1200. The number of ether oxygens (including phenoxy) is 1. The van der Waals surface area contributed by atoms with Crippen LogP contribution < -0.4 is 9.64 Å². The third-order valence-electron chi connectivity index (χ3n) is 7.25. The first-order valence-electron chi connectivity index (χ1n) is 11.3. The predicted molar refractivity (Wildman–Crippen MR) is 124 cm³/mol. The van der Waals surface area contributed by atoms with Crippen LogP contribution in [-0.2, 0) is 14.4 Å². The van der Waals surface area contributed by atoms with Crippen LogP contribution in [0.2, 0.25) is 0 Å². The maximum atomic E-state index is 13.9. The summed E-state index contributed by atoms with van der Waals surface area (Å²) >= 11 is 0. The summed E-state index contributed by atoms with van der Waals surface area (Å²) in [5, 5.41) is 0. The quantitative estimate of drug-likeness (QED) is 0.517. The van der Waals surface area contributed by atoms with Crippen LogP contribution in [0.5, 0.6) is 5.75 Å². The van der Waals surface area contributed by atoms with Gasteiger partial charge in [0.25, 0.3) is 5.91 Å². The summed E-state index contributed by atoms with van der Waals surface area (Å²) < 4.78 is 5.27. The van der Waals surface area contributed by atoms with Crippen LogP contribution >= 0.6 is 0 Å². The first-order chi connectivity index (χ1) is 16.0. The minimum absolute atomic E-state index is 0.356. The Balaban J connectivity index is 1.71. The second kappa shape index (κ2) is 7.16. The number of para-hydroxylation sites is 1. The topological polar surface area (TPSA) is 87.2 Å². The van der Waals surface area contributed by atoms with E-state index in [1.54, 1.807) is 89.4 Å². The van der Waals surface area contributed by atoms with Crippen molar-refractivity contribution in [3.8, 4) is 5.75 Å². The second-order valence-electron chi connectivity index (χ2n) is 10.2. The van der Waals surface area contributed by atoms with Gasteiger partial charge >= 0.3 is 6.03 Å². The summed E-state index contributed by atoms with van der Waals surface area (Å²) in [4.78, 5) is 59.0. The minimum atomic E-state index is -1.49. The van der Waals surface area contributed by atoms with Crippen LogP contribution in [0.3, 0.4) is 0 Å². The van der Waals surface area contributed by atoms with E-state index in [1.807, 2.05) is 0 Å². The molecular weight excluding hydrogens is 434 g/mol. The number of hydrogen-bond donors (Lipinski definition) is 0. The number of fused-ring (bicyclic) bond motifs is 3. The van der Waals surface area contributed by atoms with Crippen molar-refractivity contribution in [3.05, 3.63) is 60.2 Å². The van der Waals surface area contributed by atoms with Gasteiger partial charge in [0.2, 0.25) is 11.8 Å². The summed E-state index contributed by atoms with van der Waals surface area (Å²) in [5.74, 6) is -2.46. The van der Waals surface area contributed by atoms with Crippen molar-refractivity contribution in [1.29, 1.82) is 0 Å². The van der Waals surface area contributed by atoms with Crippen molar-refractivity contribution in [2.45, 2.75) is 44.8 Å². The lowest BCUT2D eigenvalue weighted by molar-refractivity contribution is -0.148. The Morgan fingerprint density at radius 2 is 1.50 bits per heavy atom. The molecule has 8 nitrogen and oxygen atoms in total. The molecule has 3 aliphatic heterocycles. The van der Waals surface area contributed by atoms with Gasteiger partial charge in [-0.15, -0.1) is 0 Å². The van der Waals surface area contributed by atoms with E-state index in [9.17, 15) is 19.2 Å². The summed E-state index contributed by atoms with van der Waals surface area (Å²) in [7, 11) is 1.55. The van der Waals surface area contributed by atoms with Gasteiger partial charge < -0.3 is 9.64 Å². The summed E-state index contributed by atoms with van der Waals surface area (Å²) in [6.45, 7) is 7.01. The number of urea groups is 1. The lowest BCUT2D eigenvalue weighted by Crippen LogP contribution is -2.54. The molecule has 0 aromatic heterocycles. The molecule has 3 saturated heterocycles. The van der Waals surface area contributed by atoms with Crippen LogP contribution in [0, 0.1) is 11.8 Å². The van der Waals surface area contributed by atoms with Crippen LogP contribution in [0.15, 0.2) is 54.6 Å². The van der Waals surface area contributed by atoms with Gasteiger partial charge in [-0.2, -0.15) is 0 Å².